The Morgan fingerprint density at radius 2 is 0.976 bits per heavy atom. The van der Waals surface area contributed by atoms with Crippen LogP contribution in [0.15, 0.2) is 72.8 Å². The minimum atomic E-state index is -1.17. The zero-order chi connectivity index (χ0) is 29.6. The summed E-state index contributed by atoms with van der Waals surface area (Å²) in [5.74, 6) is -1.45. The first kappa shape index (κ1) is 28.7. The van der Waals surface area contributed by atoms with E-state index in [1.165, 1.54) is 0 Å². The van der Waals surface area contributed by atoms with Gasteiger partial charge in [0.1, 0.15) is 0 Å². The number of rotatable bonds is 8. The summed E-state index contributed by atoms with van der Waals surface area (Å²) in [5.41, 5.74) is 5.49. The van der Waals surface area contributed by atoms with Gasteiger partial charge in [0.15, 0.2) is 0 Å². The molecule has 0 fully saturated rings. The third kappa shape index (κ3) is 6.54. The number of carbonyl (C=O) groups is 4. The highest BCUT2D eigenvalue weighted by atomic mass is 16.4. The molecule has 0 bridgehead atoms. The van der Waals surface area contributed by atoms with Gasteiger partial charge in [-0.2, -0.15) is 0 Å². The van der Waals surface area contributed by atoms with Gasteiger partial charge in [-0.1, -0.05) is 72.8 Å². The van der Waals surface area contributed by atoms with Crippen molar-refractivity contribution in [2.45, 2.75) is 50.9 Å². The van der Waals surface area contributed by atoms with Gasteiger partial charge in [-0.25, -0.2) is 9.59 Å². The highest BCUT2D eigenvalue weighted by molar-refractivity contribution is 5.82. The first-order valence-corrected chi connectivity index (χ1v) is 14.1. The van der Waals surface area contributed by atoms with Crippen molar-refractivity contribution in [2.75, 3.05) is 0 Å². The van der Waals surface area contributed by atoms with Crippen LogP contribution in [-0.4, -0.2) is 34.2 Å². The molecular weight excluding hydrogens is 536 g/mol. The molecule has 0 saturated carbocycles. The molecule has 3 aromatic carbocycles. The molecule has 4 amide bonds. The van der Waals surface area contributed by atoms with E-state index in [9.17, 15) is 29.4 Å². The summed E-state index contributed by atoms with van der Waals surface area (Å²) in [6.45, 7) is 0.570. The van der Waals surface area contributed by atoms with Crippen molar-refractivity contribution in [3.05, 3.63) is 106 Å². The van der Waals surface area contributed by atoms with Gasteiger partial charge in [0.05, 0.1) is 23.9 Å². The zero-order valence-electron chi connectivity index (χ0n) is 23.0. The number of fused-ring (bicyclic) bond motifs is 2. The van der Waals surface area contributed by atoms with Crippen molar-refractivity contribution in [2.24, 2.45) is 11.8 Å². The van der Waals surface area contributed by atoms with E-state index in [0.29, 0.717) is 25.7 Å². The van der Waals surface area contributed by atoms with Crippen LogP contribution in [-0.2, 0) is 35.5 Å². The molecule has 10 heteroatoms. The maximum Gasteiger partial charge on any atom is 0.405 e. The molecule has 2 aliphatic rings. The largest absolute Gasteiger partial charge is 0.465 e. The van der Waals surface area contributed by atoms with E-state index >= 15 is 0 Å². The standard InChI is InChI=1S/C32H34N4O6/c37-29(25-15-13-21-5-1-3-7-23(21)27(25)35-31(39)40)33-17-19-9-11-20(12-10-19)18-34-30(38)26-16-14-22-6-2-4-8-24(22)28(26)36-32(41)42/h1-12,25-28,35-36H,13-18H2,(H,33,37)(H,34,38)(H,39,40)(H,41,42)/t25-,26-,27+,28+/m1/s1. The van der Waals surface area contributed by atoms with E-state index in [1.807, 2.05) is 72.8 Å². The van der Waals surface area contributed by atoms with Crippen LogP contribution < -0.4 is 21.3 Å². The second-order valence-electron chi connectivity index (χ2n) is 10.8. The van der Waals surface area contributed by atoms with E-state index in [-0.39, 0.29) is 24.9 Å². The summed E-state index contributed by atoms with van der Waals surface area (Å²) >= 11 is 0. The minimum Gasteiger partial charge on any atom is -0.465 e. The van der Waals surface area contributed by atoms with Crippen LogP contribution in [0, 0.1) is 11.8 Å². The SMILES string of the molecule is O=C(O)N[C@H]1c2ccccc2CC[C@H]1C(=O)NCc1ccc(CNC(=O)[C@@H]2CCc3ccccc3[C@@H]2NC(=O)O)cc1. The first-order chi connectivity index (χ1) is 20.3. The van der Waals surface area contributed by atoms with Gasteiger partial charge in [-0.05, 0) is 59.1 Å². The molecule has 42 heavy (non-hydrogen) atoms. The number of carbonyl (C=O) groups excluding carboxylic acids is 2. The Labute approximate surface area is 243 Å². The summed E-state index contributed by atoms with van der Waals surface area (Å²) < 4.78 is 0. The van der Waals surface area contributed by atoms with E-state index < -0.39 is 36.1 Å². The quantitative estimate of drug-likeness (QED) is 0.240. The topological polar surface area (TPSA) is 157 Å². The van der Waals surface area contributed by atoms with Crippen molar-refractivity contribution in [1.82, 2.24) is 21.3 Å². The lowest BCUT2D eigenvalue weighted by atomic mass is 9.79. The number of benzene rings is 3. The average Bonchev–Trinajstić information content (AvgIpc) is 2.99. The monoisotopic (exact) mass is 570 g/mol. The first-order valence-electron chi connectivity index (χ1n) is 14.1. The Morgan fingerprint density at radius 1 is 0.595 bits per heavy atom. The van der Waals surface area contributed by atoms with Crippen molar-refractivity contribution < 1.29 is 29.4 Å². The van der Waals surface area contributed by atoms with Gasteiger partial charge in [0.25, 0.3) is 0 Å². The summed E-state index contributed by atoms with van der Waals surface area (Å²) in [6, 6.07) is 21.4. The highest BCUT2D eigenvalue weighted by Crippen LogP contribution is 2.36. The van der Waals surface area contributed by atoms with Gasteiger partial charge < -0.3 is 31.5 Å². The predicted molar refractivity (Wildman–Crippen MR) is 154 cm³/mol. The number of hydrogen-bond acceptors (Lipinski definition) is 4. The van der Waals surface area contributed by atoms with Crippen molar-refractivity contribution in [1.29, 1.82) is 0 Å². The van der Waals surface area contributed by atoms with Gasteiger partial charge in [-0.15, -0.1) is 0 Å². The van der Waals surface area contributed by atoms with Crippen LogP contribution in [0.4, 0.5) is 9.59 Å². The molecular formula is C32H34N4O6. The molecule has 3 aromatic rings. The Balaban J connectivity index is 1.16. The van der Waals surface area contributed by atoms with Crippen LogP contribution in [0.2, 0.25) is 0 Å². The number of hydrogen-bond donors (Lipinski definition) is 6. The predicted octanol–water partition coefficient (Wildman–Crippen LogP) is 4.06. The summed E-state index contributed by atoms with van der Waals surface area (Å²) in [7, 11) is 0. The third-order valence-electron chi connectivity index (χ3n) is 8.22. The van der Waals surface area contributed by atoms with Crippen LogP contribution in [0.5, 0.6) is 0 Å². The van der Waals surface area contributed by atoms with Crippen molar-refractivity contribution in [3.63, 3.8) is 0 Å². The molecule has 4 atom stereocenters. The molecule has 6 N–H and O–H groups in total. The minimum absolute atomic E-state index is 0.210. The second-order valence-corrected chi connectivity index (χ2v) is 10.8. The van der Waals surface area contributed by atoms with Crippen molar-refractivity contribution >= 4 is 24.0 Å². The highest BCUT2D eigenvalue weighted by Gasteiger charge is 2.36. The number of nitrogens with one attached hydrogen (secondary N) is 4. The summed E-state index contributed by atoms with van der Waals surface area (Å²) in [4.78, 5) is 49.1. The molecule has 0 radical (unpaired) electrons. The lowest BCUT2D eigenvalue weighted by Crippen LogP contribution is -2.43. The lowest BCUT2D eigenvalue weighted by Gasteiger charge is -2.32. The molecule has 0 saturated heterocycles. The summed E-state index contributed by atoms with van der Waals surface area (Å²) in [5, 5.41) is 29.7. The Kier molecular flexibility index (Phi) is 8.71. The molecule has 2 aliphatic carbocycles. The van der Waals surface area contributed by atoms with Crippen LogP contribution in [0.3, 0.4) is 0 Å². The summed E-state index contributed by atoms with van der Waals surface area (Å²) in [6.07, 6.45) is 0.155. The van der Waals surface area contributed by atoms with Gasteiger partial charge in [-0.3, -0.25) is 9.59 Å². The average molecular weight is 571 g/mol. The Hall–Kier alpha value is -4.86. The van der Waals surface area contributed by atoms with Crippen LogP contribution in [0.1, 0.15) is 58.3 Å². The third-order valence-corrected chi connectivity index (χ3v) is 8.22. The Morgan fingerprint density at radius 3 is 1.36 bits per heavy atom. The van der Waals surface area contributed by atoms with E-state index in [4.69, 9.17) is 0 Å². The lowest BCUT2D eigenvalue weighted by molar-refractivity contribution is -0.127. The number of carboxylic acid groups (broad SMARTS) is 2. The van der Waals surface area contributed by atoms with Crippen LogP contribution in [0.25, 0.3) is 0 Å². The molecule has 5 rings (SSSR count). The molecule has 0 spiro atoms. The molecule has 0 aliphatic heterocycles. The van der Waals surface area contributed by atoms with Gasteiger partial charge in [0.2, 0.25) is 11.8 Å². The van der Waals surface area contributed by atoms with E-state index in [0.717, 1.165) is 33.4 Å². The van der Waals surface area contributed by atoms with E-state index in [1.54, 1.807) is 0 Å². The van der Waals surface area contributed by atoms with Gasteiger partial charge in [0, 0.05) is 13.1 Å². The molecule has 0 heterocycles. The molecule has 0 unspecified atom stereocenters. The molecule has 10 nitrogen and oxygen atoms in total. The Bertz CT molecular complexity index is 1360. The number of amides is 4. The number of aryl methyl sites for hydroxylation is 2. The maximum absolute atomic E-state index is 13.1. The fourth-order valence-corrected chi connectivity index (χ4v) is 6.12. The van der Waals surface area contributed by atoms with Crippen LogP contribution >= 0.6 is 0 Å². The van der Waals surface area contributed by atoms with Gasteiger partial charge >= 0.3 is 12.2 Å². The second kappa shape index (κ2) is 12.8. The molecule has 0 aromatic heterocycles. The molecule has 218 valence electrons. The zero-order valence-corrected chi connectivity index (χ0v) is 23.0. The fourth-order valence-electron chi connectivity index (χ4n) is 6.12. The smallest absolute Gasteiger partial charge is 0.405 e. The van der Waals surface area contributed by atoms with E-state index in [2.05, 4.69) is 21.3 Å². The van der Waals surface area contributed by atoms with Crippen molar-refractivity contribution in [3.8, 4) is 0 Å². The normalized spacial score (nSPS) is 20.8. The maximum atomic E-state index is 13.1. The fraction of sp³-hybridized carbons (Fsp3) is 0.312.